The molecule has 0 radical (unpaired) electrons. The third-order valence-electron chi connectivity index (χ3n) is 6.42. The lowest BCUT2D eigenvalue weighted by Gasteiger charge is -2.13. The minimum Gasteiger partial charge on any atom is -0.507 e. The SMILES string of the molecule is CC(C)c1ccc(/C=C(/NC(=O)c2ccccc2)C(=O)Nc2cccc(SCC(=O)Nc3ccc(O)c(C(=O)O)c3)c2)cc1. The second-order valence-electron chi connectivity index (χ2n) is 10.1. The minimum atomic E-state index is -1.31. The zero-order chi connectivity index (χ0) is 31.6. The number of thioether (sulfide) groups is 1. The lowest BCUT2D eigenvalue weighted by atomic mass is 10.0. The van der Waals surface area contributed by atoms with E-state index >= 15 is 0 Å². The van der Waals surface area contributed by atoms with Gasteiger partial charge in [0, 0.05) is 21.8 Å². The van der Waals surface area contributed by atoms with Gasteiger partial charge in [0.15, 0.2) is 0 Å². The van der Waals surface area contributed by atoms with Gasteiger partial charge in [0.25, 0.3) is 11.8 Å². The molecular formula is C34H31N3O6S. The number of carboxylic acid groups (broad SMARTS) is 1. The van der Waals surface area contributed by atoms with Crippen molar-refractivity contribution in [1.82, 2.24) is 5.32 Å². The molecule has 0 saturated heterocycles. The van der Waals surface area contributed by atoms with Crippen LogP contribution in [0.1, 0.15) is 51.6 Å². The number of hydrogen-bond acceptors (Lipinski definition) is 6. The highest BCUT2D eigenvalue weighted by molar-refractivity contribution is 8.00. The van der Waals surface area contributed by atoms with E-state index in [1.807, 2.05) is 24.3 Å². The largest absolute Gasteiger partial charge is 0.507 e. The second-order valence-corrected chi connectivity index (χ2v) is 11.1. The van der Waals surface area contributed by atoms with Gasteiger partial charge in [-0.2, -0.15) is 0 Å². The van der Waals surface area contributed by atoms with Crippen molar-refractivity contribution in [2.75, 3.05) is 16.4 Å². The molecule has 0 unspecified atom stereocenters. The quantitative estimate of drug-likeness (QED) is 0.0757. The summed E-state index contributed by atoms with van der Waals surface area (Å²) in [5, 5.41) is 27.0. The molecule has 4 rings (SSSR count). The fraction of sp³-hybridized carbons (Fsp3) is 0.118. The normalized spacial score (nSPS) is 11.1. The van der Waals surface area contributed by atoms with Gasteiger partial charge >= 0.3 is 5.97 Å². The first-order chi connectivity index (χ1) is 21.1. The maximum atomic E-state index is 13.4. The highest BCUT2D eigenvalue weighted by Crippen LogP contribution is 2.24. The van der Waals surface area contributed by atoms with Gasteiger partial charge < -0.3 is 26.2 Å². The molecule has 4 aromatic carbocycles. The van der Waals surface area contributed by atoms with Crippen molar-refractivity contribution in [3.63, 3.8) is 0 Å². The second kappa shape index (κ2) is 14.7. The number of aromatic carboxylic acids is 1. The molecule has 224 valence electrons. The van der Waals surface area contributed by atoms with Crippen LogP contribution in [0.4, 0.5) is 11.4 Å². The molecule has 0 atom stereocenters. The summed E-state index contributed by atoms with van der Waals surface area (Å²) >= 11 is 1.21. The molecule has 0 spiro atoms. The Morgan fingerprint density at radius 3 is 2.20 bits per heavy atom. The van der Waals surface area contributed by atoms with E-state index < -0.39 is 23.5 Å². The number of hydrogen-bond donors (Lipinski definition) is 5. The summed E-state index contributed by atoms with van der Waals surface area (Å²) in [4.78, 5) is 50.8. The summed E-state index contributed by atoms with van der Waals surface area (Å²) in [5.41, 5.74) is 2.74. The topological polar surface area (TPSA) is 145 Å². The number of carbonyl (C=O) groups is 4. The van der Waals surface area contributed by atoms with E-state index in [9.17, 15) is 24.3 Å². The van der Waals surface area contributed by atoms with Gasteiger partial charge in [-0.15, -0.1) is 11.8 Å². The summed E-state index contributed by atoms with van der Waals surface area (Å²) in [6.45, 7) is 4.18. The molecule has 44 heavy (non-hydrogen) atoms. The van der Waals surface area contributed by atoms with Crippen molar-refractivity contribution >= 4 is 52.9 Å². The van der Waals surface area contributed by atoms with Crippen molar-refractivity contribution in [3.05, 3.63) is 125 Å². The van der Waals surface area contributed by atoms with E-state index in [2.05, 4.69) is 29.8 Å². The number of aromatic hydroxyl groups is 1. The maximum absolute atomic E-state index is 13.4. The number of nitrogens with one attached hydrogen (secondary N) is 3. The maximum Gasteiger partial charge on any atom is 0.339 e. The summed E-state index contributed by atoms with van der Waals surface area (Å²) in [6, 6.07) is 27.0. The van der Waals surface area contributed by atoms with Crippen molar-refractivity contribution in [2.45, 2.75) is 24.7 Å². The van der Waals surface area contributed by atoms with Crippen molar-refractivity contribution in [1.29, 1.82) is 0 Å². The van der Waals surface area contributed by atoms with E-state index in [1.54, 1.807) is 60.7 Å². The van der Waals surface area contributed by atoms with Gasteiger partial charge in [0.05, 0.1) is 5.75 Å². The highest BCUT2D eigenvalue weighted by atomic mass is 32.2. The summed E-state index contributed by atoms with van der Waals surface area (Å²) in [6.07, 6.45) is 1.61. The lowest BCUT2D eigenvalue weighted by molar-refractivity contribution is -0.114. The molecule has 10 heteroatoms. The number of carbonyl (C=O) groups excluding carboxylic acids is 3. The van der Waals surface area contributed by atoms with Crippen LogP contribution < -0.4 is 16.0 Å². The van der Waals surface area contributed by atoms with Gasteiger partial charge in [-0.3, -0.25) is 14.4 Å². The van der Waals surface area contributed by atoms with E-state index in [4.69, 9.17) is 5.11 Å². The number of carboxylic acids is 1. The summed E-state index contributed by atoms with van der Waals surface area (Å²) < 4.78 is 0. The Kier molecular flexibility index (Phi) is 10.6. The Labute approximate surface area is 259 Å². The standard InChI is InChI=1S/C34H31N3O6S/c1-21(2)23-13-11-22(12-14-23)17-29(37-32(40)24-7-4-3-5-8-24)33(41)36-25-9-6-10-27(18-25)44-20-31(39)35-26-15-16-30(38)28(19-26)34(42)43/h3-19,21,38H,20H2,1-2H3,(H,35,39)(H,36,41)(H,37,40)(H,42,43)/b29-17+. The number of amides is 3. The summed E-state index contributed by atoms with van der Waals surface area (Å²) in [7, 11) is 0. The van der Waals surface area contributed by atoms with Crippen molar-refractivity contribution < 1.29 is 29.4 Å². The molecular weight excluding hydrogens is 578 g/mol. The fourth-order valence-electron chi connectivity index (χ4n) is 4.08. The van der Waals surface area contributed by atoms with Gasteiger partial charge in [-0.05, 0) is 71.7 Å². The van der Waals surface area contributed by atoms with Crippen LogP contribution in [0.2, 0.25) is 0 Å². The zero-order valence-corrected chi connectivity index (χ0v) is 24.9. The summed E-state index contributed by atoms with van der Waals surface area (Å²) in [5.74, 6) is -2.69. The minimum absolute atomic E-state index is 0.00530. The third kappa shape index (κ3) is 8.83. The predicted octanol–water partition coefficient (Wildman–Crippen LogP) is 6.35. The van der Waals surface area contributed by atoms with Crippen LogP contribution in [0.5, 0.6) is 5.75 Å². The molecule has 0 fully saturated rings. The van der Waals surface area contributed by atoms with Crippen LogP contribution in [0.3, 0.4) is 0 Å². The molecule has 0 aromatic heterocycles. The number of phenols is 1. The molecule has 0 aliphatic carbocycles. The van der Waals surface area contributed by atoms with E-state index in [0.717, 1.165) is 11.1 Å². The lowest BCUT2D eigenvalue weighted by Crippen LogP contribution is -2.30. The Hall–Kier alpha value is -5.35. The number of benzene rings is 4. The molecule has 3 amide bonds. The van der Waals surface area contributed by atoms with E-state index in [-0.39, 0.29) is 28.6 Å². The van der Waals surface area contributed by atoms with E-state index in [1.165, 1.54) is 30.0 Å². The first-order valence-corrected chi connectivity index (χ1v) is 14.7. The molecule has 0 saturated carbocycles. The van der Waals surface area contributed by atoms with Crippen LogP contribution >= 0.6 is 11.8 Å². The molecule has 5 N–H and O–H groups in total. The smallest absolute Gasteiger partial charge is 0.339 e. The van der Waals surface area contributed by atoms with Crippen LogP contribution in [0.15, 0.2) is 108 Å². The molecule has 0 aliphatic heterocycles. The van der Waals surface area contributed by atoms with Gasteiger partial charge in [0.1, 0.15) is 17.0 Å². The molecule has 4 aromatic rings. The average Bonchev–Trinajstić information content (AvgIpc) is 3.01. The zero-order valence-electron chi connectivity index (χ0n) is 24.0. The first kappa shape index (κ1) is 31.6. The van der Waals surface area contributed by atoms with Crippen LogP contribution in [-0.4, -0.2) is 39.7 Å². The Balaban J connectivity index is 1.45. The van der Waals surface area contributed by atoms with E-state index in [0.29, 0.717) is 22.1 Å². The average molecular weight is 610 g/mol. The fourth-order valence-corrected chi connectivity index (χ4v) is 4.83. The van der Waals surface area contributed by atoms with Crippen molar-refractivity contribution in [3.8, 4) is 5.75 Å². The van der Waals surface area contributed by atoms with Gasteiger partial charge in [0.2, 0.25) is 5.91 Å². The molecule has 9 nitrogen and oxygen atoms in total. The van der Waals surface area contributed by atoms with Crippen molar-refractivity contribution in [2.24, 2.45) is 0 Å². The first-order valence-electron chi connectivity index (χ1n) is 13.7. The Morgan fingerprint density at radius 1 is 0.818 bits per heavy atom. The molecule has 0 bridgehead atoms. The highest BCUT2D eigenvalue weighted by Gasteiger charge is 2.16. The van der Waals surface area contributed by atoms with Crippen LogP contribution in [-0.2, 0) is 9.59 Å². The number of anilines is 2. The molecule has 0 aliphatic rings. The Morgan fingerprint density at radius 2 is 1.52 bits per heavy atom. The monoisotopic (exact) mass is 609 g/mol. The van der Waals surface area contributed by atoms with Gasteiger partial charge in [-0.25, -0.2) is 4.79 Å². The van der Waals surface area contributed by atoms with Crippen LogP contribution in [0, 0.1) is 0 Å². The molecule has 0 heterocycles. The third-order valence-corrected chi connectivity index (χ3v) is 7.41. The predicted molar refractivity (Wildman–Crippen MR) is 172 cm³/mol. The number of rotatable bonds is 11. The van der Waals surface area contributed by atoms with Crippen LogP contribution in [0.25, 0.3) is 6.08 Å². The van der Waals surface area contributed by atoms with Gasteiger partial charge in [-0.1, -0.05) is 62.4 Å². The Bertz CT molecular complexity index is 1700.